The number of rotatable bonds is 5. The number of benzene rings is 3. The summed E-state index contributed by atoms with van der Waals surface area (Å²) in [5.41, 5.74) is 3.55. The van der Waals surface area contributed by atoms with Gasteiger partial charge in [0.1, 0.15) is 0 Å². The highest BCUT2D eigenvalue weighted by atomic mass is 16.5. The number of amides is 2. The summed E-state index contributed by atoms with van der Waals surface area (Å²) >= 11 is 0. The first-order valence-electron chi connectivity index (χ1n) is 10.6. The van der Waals surface area contributed by atoms with Crippen LogP contribution in [0.25, 0.3) is 11.5 Å². The molecule has 8 heteroatoms. The van der Waals surface area contributed by atoms with E-state index in [0.29, 0.717) is 11.6 Å². The van der Waals surface area contributed by atoms with Gasteiger partial charge in [0.25, 0.3) is 17.7 Å². The Morgan fingerprint density at radius 3 is 2.47 bits per heavy atom. The molecule has 4 aromatic rings. The van der Waals surface area contributed by atoms with Gasteiger partial charge in [-0.3, -0.25) is 9.59 Å². The molecule has 8 nitrogen and oxygen atoms in total. The van der Waals surface area contributed by atoms with Crippen molar-refractivity contribution in [3.05, 3.63) is 100 Å². The monoisotopic (exact) mass is 453 g/mol. The van der Waals surface area contributed by atoms with Gasteiger partial charge in [-0.2, -0.15) is 0 Å². The number of fused-ring (bicyclic) bond motifs is 1. The van der Waals surface area contributed by atoms with Crippen molar-refractivity contribution < 1.29 is 23.5 Å². The maximum atomic E-state index is 13.1. The molecule has 2 heterocycles. The molecule has 2 amide bonds. The number of aromatic nitrogens is 2. The Kier molecular flexibility index (Phi) is 5.25. The molecule has 168 valence electrons. The number of esters is 1. The quantitative estimate of drug-likeness (QED) is 0.323. The second-order valence-electron chi connectivity index (χ2n) is 7.94. The first-order valence-corrected chi connectivity index (χ1v) is 10.6. The molecule has 0 fully saturated rings. The maximum Gasteiger partial charge on any atom is 0.338 e. The molecule has 0 saturated carbocycles. The Morgan fingerprint density at radius 1 is 0.912 bits per heavy atom. The van der Waals surface area contributed by atoms with Gasteiger partial charge in [-0.1, -0.05) is 30.3 Å². The fourth-order valence-corrected chi connectivity index (χ4v) is 3.77. The van der Waals surface area contributed by atoms with Crippen molar-refractivity contribution in [3.63, 3.8) is 0 Å². The van der Waals surface area contributed by atoms with Crippen LogP contribution in [0.1, 0.15) is 48.1 Å². The summed E-state index contributed by atoms with van der Waals surface area (Å²) in [6.45, 7) is 3.50. The fraction of sp³-hybridized carbons (Fsp3) is 0.115. The van der Waals surface area contributed by atoms with Crippen molar-refractivity contribution in [1.29, 1.82) is 0 Å². The maximum absolute atomic E-state index is 13.1. The van der Waals surface area contributed by atoms with E-state index in [0.717, 1.165) is 21.6 Å². The molecule has 5 rings (SSSR count). The van der Waals surface area contributed by atoms with Crippen molar-refractivity contribution in [2.24, 2.45) is 0 Å². The molecule has 0 aliphatic carbocycles. The van der Waals surface area contributed by atoms with Crippen LogP contribution in [0.3, 0.4) is 0 Å². The van der Waals surface area contributed by atoms with Gasteiger partial charge in [0.2, 0.25) is 5.89 Å². The second-order valence-corrected chi connectivity index (χ2v) is 7.94. The smallest absolute Gasteiger partial charge is 0.338 e. The predicted octanol–water partition coefficient (Wildman–Crippen LogP) is 4.51. The van der Waals surface area contributed by atoms with Crippen LogP contribution < -0.4 is 4.90 Å². The highest BCUT2D eigenvalue weighted by Crippen LogP contribution is 2.32. The molecule has 0 bridgehead atoms. The molecule has 0 spiro atoms. The molecule has 0 atom stereocenters. The number of nitrogens with zero attached hydrogens (tertiary/aromatic N) is 3. The average molecular weight is 453 g/mol. The zero-order chi connectivity index (χ0) is 23.8. The Morgan fingerprint density at radius 2 is 1.68 bits per heavy atom. The predicted molar refractivity (Wildman–Crippen MR) is 122 cm³/mol. The molecule has 1 aromatic heterocycles. The fourth-order valence-electron chi connectivity index (χ4n) is 3.77. The van der Waals surface area contributed by atoms with Gasteiger partial charge in [0.05, 0.1) is 22.4 Å². The number of carbonyl (C=O) groups excluding carboxylic acids is 3. The van der Waals surface area contributed by atoms with Crippen LogP contribution in [0.5, 0.6) is 0 Å². The molecule has 1 aliphatic rings. The topological polar surface area (TPSA) is 103 Å². The van der Waals surface area contributed by atoms with Crippen LogP contribution in [0, 0.1) is 13.8 Å². The molecular formula is C26H19N3O5. The van der Waals surface area contributed by atoms with E-state index in [1.165, 1.54) is 18.2 Å². The normalized spacial score (nSPS) is 12.7. The molecule has 1 aliphatic heterocycles. The summed E-state index contributed by atoms with van der Waals surface area (Å²) in [5, 5.41) is 7.85. The van der Waals surface area contributed by atoms with Crippen LogP contribution in [-0.4, -0.2) is 28.0 Å². The lowest BCUT2D eigenvalue weighted by Gasteiger charge is -2.17. The lowest BCUT2D eigenvalue weighted by molar-refractivity contribution is 0.0438. The number of aryl methyl sites for hydroxylation is 2. The number of ether oxygens (including phenoxy) is 1. The van der Waals surface area contributed by atoms with Crippen LogP contribution in [0.15, 0.2) is 71.1 Å². The zero-order valence-electron chi connectivity index (χ0n) is 18.4. The summed E-state index contributed by atoms with van der Waals surface area (Å²) in [6.07, 6.45) is 0. The minimum absolute atomic E-state index is 0.140. The molecule has 0 radical (unpaired) electrons. The summed E-state index contributed by atoms with van der Waals surface area (Å²) < 4.78 is 10.8. The Bertz CT molecular complexity index is 1440. The number of carbonyl (C=O) groups is 3. The summed E-state index contributed by atoms with van der Waals surface area (Å²) in [7, 11) is 0. The molecule has 0 N–H and O–H groups in total. The van der Waals surface area contributed by atoms with Crippen molar-refractivity contribution in [2.45, 2.75) is 20.5 Å². The lowest BCUT2D eigenvalue weighted by atomic mass is 10.1. The molecule has 34 heavy (non-hydrogen) atoms. The van der Waals surface area contributed by atoms with Gasteiger partial charge in [-0.25, -0.2) is 9.69 Å². The van der Waals surface area contributed by atoms with E-state index in [-0.39, 0.29) is 29.2 Å². The summed E-state index contributed by atoms with van der Waals surface area (Å²) in [5.74, 6) is -1.12. The second kappa shape index (κ2) is 8.40. The highest BCUT2D eigenvalue weighted by Gasteiger charge is 2.38. The van der Waals surface area contributed by atoms with Crippen molar-refractivity contribution in [1.82, 2.24) is 10.2 Å². The molecule has 0 saturated heterocycles. The minimum atomic E-state index is -0.673. The van der Waals surface area contributed by atoms with E-state index in [2.05, 4.69) is 10.2 Å². The lowest BCUT2D eigenvalue weighted by Crippen LogP contribution is -2.30. The molecular weight excluding hydrogens is 434 g/mol. The van der Waals surface area contributed by atoms with Gasteiger partial charge in [0.15, 0.2) is 6.61 Å². The van der Waals surface area contributed by atoms with Crippen LogP contribution in [-0.2, 0) is 11.3 Å². The largest absolute Gasteiger partial charge is 0.452 e. The first-order chi connectivity index (χ1) is 16.4. The number of hydrogen-bond acceptors (Lipinski definition) is 7. The first kappa shape index (κ1) is 21.3. The van der Waals surface area contributed by atoms with Crippen LogP contribution in [0.4, 0.5) is 5.69 Å². The van der Waals surface area contributed by atoms with Crippen molar-refractivity contribution in [2.75, 3.05) is 4.90 Å². The third kappa shape index (κ3) is 3.75. The minimum Gasteiger partial charge on any atom is -0.452 e. The van der Waals surface area contributed by atoms with E-state index < -0.39 is 17.8 Å². The van der Waals surface area contributed by atoms with E-state index in [1.807, 2.05) is 56.3 Å². The number of hydrogen-bond donors (Lipinski definition) is 0. The van der Waals surface area contributed by atoms with Gasteiger partial charge < -0.3 is 9.15 Å². The molecule has 0 unspecified atom stereocenters. The van der Waals surface area contributed by atoms with Gasteiger partial charge >= 0.3 is 5.97 Å². The van der Waals surface area contributed by atoms with E-state index in [9.17, 15) is 14.4 Å². The standard InChI is InChI=1S/C26H19N3O5/c1-15-8-9-16(2)21(12-15)29-24(30)19-11-10-18(13-20(19)25(29)31)26(32)33-14-22-27-28-23(34-22)17-6-4-3-5-7-17/h3-13H,14H2,1-2H3. The van der Waals surface area contributed by atoms with Crippen LogP contribution >= 0.6 is 0 Å². The van der Waals surface area contributed by atoms with E-state index >= 15 is 0 Å². The highest BCUT2D eigenvalue weighted by molar-refractivity contribution is 6.35. The summed E-state index contributed by atoms with van der Waals surface area (Å²) in [6, 6.07) is 19.1. The van der Waals surface area contributed by atoms with Crippen molar-refractivity contribution >= 4 is 23.5 Å². The van der Waals surface area contributed by atoms with Crippen LogP contribution in [0.2, 0.25) is 0 Å². The third-order valence-corrected chi connectivity index (χ3v) is 5.54. The Balaban J connectivity index is 1.33. The van der Waals surface area contributed by atoms with Gasteiger partial charge in [0, 0.05) is 5.56 Å². The Labute approximate surface area is 194 Å². The third-order valence-electron chi connectivity index (χ3n) is 5.54. The average Bonchev–Trinajstić information content (AvgIpc) is 3.42. The number of imide groups is 1. The van der Waals surface area contributed by atoms with E-state index in [1.54, 1.807) is 6.07 Å². The molecule has 3 aromatic carbocycles. The van der Waals surface area contributed by atoms with E-state index in [4.69, 9.17) is 9.15 Å². The Hall–Kier alpha value is -4.59. The number of anilines is 1. The van der Waals surface area contributed by atoms with Crippen molar-refractivity contribution in [3.8, 4) is 11.5 Å². The summed E-state index contributed by atoms with van der Waals surface area (Å²) in [4.78, 5) is 39.8. The SMILES string of the molecule is Cc1ccc(C)c(N2C(=O)c3ccc(C(=O)OCc4nnc(-c5ccccc5)o4)cc3C2=O)c1. The van der Waals surface area contributed by atoms with Gasteiger partial charge in [-0.15, -0.1) is 10.2 Å². The van der Waals surface area contributed by atoms with Gasteiger partial charge in [-0.05, 0) is 61.4 Å². The zero-order valence-corrected chi connectivity index (χ0v) is 18.4.